The second-order valence-corrected chi connectivity index (χ2v) is 9.10. The van der Waals surface area contributed by atoms with E-state index in [0.29, 0.717) is 0 Å². The van der Waals surface area contributed by atoms with Crippen molar-refractivity contribution in [1.82, 2.24) is 4.98 Å². The number of benzene rings is 4. The summed E-state index contributed by atoms with van der Waals surface area (Å²) in [5.74, 6) is -0.650. The molecule has 0 unspecified atom stereocenters. The molecule has 30 heavy (non-hydrogen) atoms. The first-order valence-corrected chi connectivity index (χ1v) is 11.0. The Bertz CT molecular complexity index is 1620. The fourth-order valence-corrected chi connectivity index (χ4v) is 5.71. The van der Waals surface area contributed by atoms with Crippen LogP contribution in [0.15, 0.2) is 85.1 Å². The molecule has 0 fully saturated rings. The number of hydrogen-bond donors (Lipinski definition) is 0. The first-order valence-electron chi connectivity index (χ1n) is 10.7. The van der Waals surface area contributed by atoms with Crippen molar-refractivity contribution in [2.45, 2.75) is 19.7 Å². The molecule has 0 N–H and O–H groups in total. The Morgan fingerprint density at radius 3 is 2.37 bits per heavy atom. The molecular formula is C28H21NS. The van der Waals surface area contributed by atoms with E-state index in [1.165, 1.54) is 41.7 Å². The number of rotatable bonds is 2. The lowest BCUT2D eigenvalue weighted by Crippen LogP contribution is -1.90. The summed E-state index contributed by atoms with van der Waals surface area (Å²) in [5.41, 5.74) is 3.05. The molecule has 0 aliphatic heterocycles. The van der Waals surface area contributed by atoms with E-state index in [1.54, 1.807) is 0 Å². The van der Waals surface area contributed by atoms with Crippen LogP contribution in [0.5, 0.6) is 0 Å². The largest absolute Gasteiger partial charge is 0.256 e. The first-order chi connectivity index (χ1) is 15.0. The van der Waals surface area contributed by atoms with Crippen LogP contribution < -0.4 is 0 Å². The monoisotopic (exact) mass is 404 g/mol. The molecular weight excluding hydrogens is 382 g/mol. The number of hydrogen-bond acceptors (Lipinski definition) is 2. The van der Waals surface area contributed by atoms with E-state index in [2.05, 4.69) is 77.8 Å². The third-order valence-electron chi connectivity index (χ3n) is 5.96. The van der Waals surface area contributed by atoms with Gasteiger partial charge >= 0.3 is 0 Å². The Morgan fingerprint density at radius 2 is 1.53 bits per heavy atom. The Balaban J connectivity index is 1.66. The quantitative estimate of drug-likeness (QED) is 0.263. The van der Waals surface area contributed by atoms with Gasteiger partial charge in [-0.05, 0) is 51.9 Å². The maximum atomic E-state index is 8.41. The number of aromatic nitrogens is 1. The molecule has 0 saturated carbocycles. The molecule has 0 atom stereocenters. The highest BCUT2D eigenvalue weighted by atomic mass is 32.1. The molecule has 0 spiro atoms. The average molecular weight is 405 g/mol. The smallest absolute Gasteiger partial charge is 0.0719 e. The van der Waals surface area contributed by atoms with Gasteiger partial charge in [-0.15, -0.1) is 11.3 Å². The normalized spacial score (nSPS) is 12.8. The topological polar surface area (TPSA) is 12.9 Å². The Hall–Kier alpha value is -3.23. The number of nitrogens with zero attached hydrogens (tertiary/aromatic N) is 1. The van der Waals surface area contributed by atoms with Crippen LogP contribution in [-0.2, 0) is 0 Å². The fraction of sp³-hybridized carbons (Fsp3) is 0.107. The standard InChI is InChI=1S/C28H21NS/c1-17(2)18-12-13-29-26(16-18)24-9-5-8-22-23-11-10-21-14-19-6-3-4-7-20(19)15-25(21)28(23)30-27(22)24/h3-17H,1-2H3/i17D. The fourth-order valence-electron chi connectivity index (χ4n) is 4.36. The van der Waals surface area contributed by atoms with Gasteiger partial charge in [0.25, 0.3) is 0 Å². The van der Waals surface area contributed by atoms with Gasteiger partial charge in [-0.2, -0.15) is 0 Å². The molecule has 1 nitrogen and oxygen atoms in total. The van der Waals surface area contributed by atoms with E-state index in [-0.39, 0.29) is 0 Å². The van der Waals surface area contributed by atoms with Crippen LogP contribution in [0, 0.1) is 0 Å². The van der Waals surface area contributed by atoms with Gasteiger partial charge in [-0.25, -0.2) is 0 Å². The van der Waals surface area contributed by atoms with Gasteiger partial charge in [0, 0.05) is 38.7 Å². The highest BCUT2D eigenvalue weighted by Gasteiger charge is 2.14. The lowest BCUT2D eigenvalue weighted by atomic mass is 9.99. The lowest BCUT2D eigenvalue weighted by Gasteiger charge is -2.08. The van der Waals surface area contributed by atoms with Crippen molar-refractivity contribution in [3.8, 4) is 11.3 Å². The zero-order valence-electron chi connectivity index (χ0n) is 17.9. The number of thiophene rings is 1. The first kappa shape index (κ1) is 16.6. The summed E-state index contributed by atoms with van der Waals surface area (Å²) in [6, 6.07) is 28.2. The molecule has 0 saturated heterocycles. The van der Waals surface area contributed by atoms with Crippen LogP contribution in [-0.4, -0.2) is 4.98 Å². The van der Waals surface area contributed by atoms with Crippen molar-refractivity contribution < 1.29 is 1.37 Å². The molecule has 4 aromatic carbocycles. The van der Waals surface area contributed by atoms with E-state index in [1.807, 2.05) is 37.4 Å². The summed E-state index contributed by atoms with van der Waals surface area (Å²) in [6.45, 7) is 3.84. The van der Waals surface area contributed by atoms with Crippen molar-refractivity contribution in [3.05, 3.63) is 90.6 Å². The van der Waals surface area contributed by atoms with Crippen LogP contribution >= 0.6 is 11.3 Å². The summed E-state index contributed by atoms with van der Waals surface area (Å²) in [5, 5.41) is 7.68. The molecule has 0 aliphatic rings. The Kier molecular flexibility index (Phi) is 3.67. The second-order valence-electron chi connectivity index (χ2n) is 8.08. The summed E-state index contributed by atoms with van der Waals surface area (Å²) in [7, 11) is 0. The van der Waals surface area contributed by atoms with Gasteiger partial charge < -0.3 is 0 Å². The summed E-state index contributed by atoms with van der Waals surface area (Å²) >= 11 is 1.85. The molecule has 2 heteroatoms. The zero-order valence-corrected chi connectivity index (χ0v) is 17.8. The van der Waals surface area contributed by atoms with E-state index in [4.69, 9.17) is 1.37 Å². The third-order valence-corrected chi connectivity index (χ3v) is 7.25. The molecule has 6 rings (SSSR count). The van der Waals surface area contributed by atoms with Crippen LogP contribution in [0.25, 0.3) is 53.0 Å². The van der Waals surface area contributed by atoms with Gasteiger partial charge in [-0.3, -0.25) is 4.98 Å². The van der Waals surface area contributed by atoms with Crippen LogP contribution in [0.2, 0.25) is 0 Å². The molecule has 0 bridgehead atoms. The van der Waals surface area contributed by atoms with Crippen molar-refractivity contribution in [2.24, 2.45) is 0 Å². The minimum absolute atomic E-state index is 0.650. The number of fused-ring (bicyclic) bond motifs is 6. The molecule has 2 aromatic heterocycles. The number of pyridine rings is 1. The zero-order chi connectivity index (χ0) is 21.2. The van der Waals surface area contributed by atoms with Crippen molar-refractivity contribution in [2.75, 3.05) is 0 Å². The van der Waals surface area contributed by atoms with Gasteiger partial charge in [0.05, 0.1) is 5.69 Å². The molecule has 0 aliphatic carbocycles. The van der Waals surface area contributed by atoms with Gasteiger partial charge in [0.2, 0.25) is 0 Å². The maximum absolute atomic E-state index is 8.41. The van der Waals surface area contributed by atoms with Crippen molar-refractivity contribution in [1.29, 1.82) is 0 Å². The van der Waals surface area contributed by atoms with Gasteiger partial charge in [0.15, 0.2) is 0 Å². The minimum Gasteiger partial charge on any atom is -0.256 e. The molecule has 2 heterocycles. The predicted octanol–water partition coefficient (Wildman–Crippen LogP) is 8.55. The van der Waals surface area contributed by atoms with Crippen LogP contribution in [0.3, 0.4) is 0 Å². The van der Waals surface area contributed by atoms with E-state index < -0.39 is 5.89 Å². The van der Waals surface area contributed by atoms with E-state index in [9.17, 15) is 0 Å². The predicted molar refractivity (Wildman–Crippen MR) is 132 cm³/mol. The van der Waals surface area contributed by atoms with Gasteiger partial charge in [-0.1, -0.05) is 68.4 Å². The molecule has 0 amide bonds. The molecule has 6 aromatic rings. The molecule has 0 radical (unpaired) electrons. The maximum Gasteiger partial charge on any atom is 0.0719 e. The van der Waals surface area contributed by atoms with E-state index >= 15 is 0 Å². The lowest BCUT2D eigenvalue weighted by molar-refractivity contribution is 0.864. The highest BCUT2D eigenvalue weighted by molar-refractivity contribution is 7.27. The van der Waals surface area contributed by atoms with Gasteiger partial charge in [0.1, 0.15) is 0 Å². The Morgan fingerprint density at radius 1 is 0.733 bits per heavy atom. The van der Waals surface area contributed by atoms with Crippen LogP contribution in [0.4, 0.5) is 0 Å². The second kappa shape index (κ2) is 6.65. The highest BCUT2D eigenvalue weighted by Crippen LogP contribution is 2.43. The summed E-state index contributed by atoms with van der Waals surface area (Å²) < 4.78 is 11.0. The average Bonchev–Trinajstić information content (AvgIpc) is 3.16. The van der Waals surface area contributed by atoms with Crippen LogP contribution in [0.1, 0.15) is 26.7 Å². The summed E-state index contributed by atoms with van der Waals surface area (Å²) in [4.78, 5) is 4.67. The Labute approximate surface area is 181 Å². The molecule has 144 valence electrons. The third kappa shape index (κ3) is 2.64. The minimum atomic E-state index is -0.650. The van der Waals surface area contributed by atoms with Crippen molar-refractivity contribution >= 4 is 53.1 Å². The van der Waals surface area contributed by atoms with E-state index in [0.717, 1.165) is 16.8 Å². The van der Waals surface area contributed by atoms with Crippen molar-refractivity contribution in [3.63, 3.8) is 0 Å². The SMILES string of the molecule is [2H]C(C)(C)c1ccnc(-c2cccc3c2sc2c4cc5ccccc5cc4ccc32)c1. The summed E-state index contributed by atoms with van der Waals surface area (Å²) in [6.07, 6.45) is 1.83.